The van der Waals surface area contributed by atoms with Crippen LogP contribution in [0.5, 0.6) is 0 Å². The highest BCUT2D eigenvalue weighted by atomic mass is 16.5. The molecule has 4 heterocycles. The van der Waals surface area contributed by atoms with E-state index in [0.29, 0.717) is 48.8 Å². The van der Waals surface area contributed by atoms with Gasteiger partial charge < -0.3 is 19.6 Å². The normalized spacial score (nSPS) is 37.1. The van der Waals surface area contributed by atoms with Crippen LogP contribution in [0.4, 0.5) is 0 Å². The second-order valence-electron chi connectivity index (χ2n) is 19.8. The Labute approximate surface area is 332 Å². The molecule has 2 N–H and O–H groups in total. The van der Waals surface area contributed by atoms with Gasteiger partial charge in [0.15, 0.2) is 0 Å². The first-order valence-electron chi connectivity index (χ1n) is 23.4. The Bertz CT molecular complexity index is 1360. The van der Waals surface area contributed by atoms with E-state index in [2.05, 4.69) is 22.0 Å². The van der Waals surface area contributed by atoms with Gasteiger partial charge in [-0.05, 0) is 171 Å². The minimum absolute atomic E-state index is 0.0594. The number of piperidine rings is 2. The molecule has 4 aliphatic heterocycles. The molecule has 8 aliphatic rings. The number of fused-ring (bicyclic) bond motifs is 1. The third-order valence-corrected chi connectivity index (χ3v) is 16.4. The standard InChI is InChI=1S/C46H74N4O5/c1-2-39(32-8-4-3-5-9-32)43(33-10-15-37(51)16-11-33)34-12-17-38(18-13-34)55-27-7-6-24-48-25-22-46(23-26-48)30-49(31-46)36-14-19-40-35(28-36)29-50(45(40)54)41-20-21-42(52)47-44(41)53/h32-38,40-41,51H,2-31H2,1H3,(H,47,52,53)/b43-39-. The van der Waals surface area contributed by atoms with E-state index >= 15 is 0 Å². The fraction of sp³-hybridized carbons (Fsp3) is 0.891. The number of ether oxygens (including phenoxy) is 1. The highest BCUT2D eigenvalue weighted by Gasteiger charge is 2.52. The molecular formula is C46H74N4O5. The van der Waals surface area contributed by atoms with Gasteiger partial charge in [-0.25, -0.2) is 0 Å². The number of nitrogens with one attached hydrogen (secondary N) is 1. The first kappa shape index (κ1) is 40.0. The molecule has 9 nitrogen and oxygen atoms in total. The Hall–Kier alpha value is -1.81. The van der Waals surface area contributed by atoms with Crippen molar-refractivity contribution in [3.8, 4) is 0 Å². The first-order chi connectivity index (χ1) is 26.8. The molecule has 4 saturated heterocycles. The lowest BCUT2D eigenvalue weighted by Gasteiger charge is -2.57. The number of allylic oxidation sites excluding steroid dienone is 2. The van der Waals surface area contributed by atoms with Crippen molar-refractivity contribution < 1.29 is 24.2 Å². The summed E-state index contributed by atoms with van der Waals surface area (Å²) >= 11 is 0. The summed E-state index contributed by atoms with van der Waals surface area (Å²) in [4.78, 5) is 44.6. The average molecular weight is 763 g/mol. The van der Waals surface area contributed by atoms with Crippen molar-refractivity contribution in [2.45, 2.75) is 179 Å². The summed E-state index contributed by atoms with van der Waals surface area (Å²) in [5, 5.41) is 12.7. The van der Waals surface area contributed by atoms with Gasteiger partial charge in [0.25, 0.3) is 0 Å². The van der Waals surface area contributed by atoms with Crippen LogP contribution in [0.2, 0.25) is 0 Å². The number of unbranched alkanes of at least 4 members (excludes halogenated alkanes) is 1. The number of hydrogen-bond donors (Lipinski definition) is 2. The Morgan fingerprint density at radius 1 is 0.818 bits per heavy atom. The van der Waals surface area contributed by atoms with Crippen LogP contribution >= 0.6 is 0 Å². The topological polar surface area (TPSA) is 102 Å². The molecule has 4 unspecified atom stereocenters. The average Bonchev–Trinajstić information content (AvgIpc) is 3.52. The van der Waals surface area contributed by atoms with E-state index in [-0.39, 0.29) is 29.7 Å². The Balaban J connectivity index is 0.714. The smallest absolute Gasteiger partial charge is 0.249 e. The lowest BCUT2D eigenvalue weighted by molar-refractivity contribution is -0.145. The summed E-state index contributed by atoms with van der Waals surface area (Å²) in [6.45, 7) is 10.1. The zero-order valence-electron chi connectivity index (χ0n) is 34.3. The molecule has 3 amide bonds. The molecule has 4 atom stereocenters. The van der Waals surface area contributed by atoms with Crippen LogP contribution in [-0.2, 0) is 19.1 Å². The van der Waals surface area contributed by atoms with Gasteiger partial charge >= 0.3 is 0 Å². The van der Waals surface area contributed by atoms with Crippen LogP contribution in [0, 0.1) is 35.0 Å². The minimum Gasteiger partial charge on any atom is -0.393 e. The lowest BCUT2D eigenvalue weighted by Crippen LogP contribution is -2.63. The predicted octanol–water partition coefficient (Wildman–Crippen LogP) is 7.01. The summed E-state index contributed by atoms with van der Waals surface area (Å²) in [7, 11) is 0. The van der Waals surface area contributed by atoms with Gasteiger partial charge in [-0.1, -0.05) is 37.3 Å². The summed E-state index contributed by atoms with van der Waals surface area (Å²) in [5.41, 5.74) is 4.20. The Morgan fingerprint density at radius 2 is 1.53 bits per heavy atom. The maximum atomic E-state index is 13.3. The van der Waals surface area contributed by atoms with E-state index in [1.54, 1.807) is 0 Å². The molecule has 0 aromatic heterocycles. The second kappa shape index (κ2) is 18.0. The van der Waals surface area contributed by atoms with Crippen molar-refractivity contribution in [1.82, 2.24) is 20.0 Å². The molecule has 8 rings (SSSR count). The van der Waals surface area contributed by atoms with Crippen LogP contribution in [0.15, 0.2) is 11.1 Å². The second-order valence-corrected chi connectivity index (χ2v) is 19.8. The van der Waals surface area contributed by atoms with E-state index in [9.17, 15) is 19.5 Å². The number of imide groups is 1. The number of hydrogen-bond acceptors (Lipinski definition) is 7. The quantitative estimate of drug-likeness (QED) is 0.125. The van der Waals surface area contributed by atoms with Crippen molar-refractivity contribution in [3.63, 3.8) is 0 Å². The van der Waals surface area contributed by atoms with Gasteiger partial charge in [-0.15, -0.1) is 0 Å². The van der Waals surface area contributed by atoms with Gasteiger partial charge in [0.05, 0.1) is 12.2 Å². The maximum absolute atomic E-state index is 13.3. The summed E-state index contributed by atoms with van der Waals surface area (Å²) in [6.07, 6.45) is 27.0. The van der Waals surface area contributed by atoms with Gasteiger partial charge in [0.2, 0.25) is 17.7 Å². The molecule has 0 bridgehead atoms. The number of carbonyl (C=O) groups is 3. The molecule has 308 valence electrons. The molecule has 4 aliphatic carbocycles. The van der Waals surface area contributed by atoms with Crippen molar-refractivity contribution in [2.24, 2.45) is 35.0 Å². The number of nitrogens with zero attached hydrogens (tertiary/aromatic N) is 3. The third-order valence-electron chi connectivity index (χ3n) is 16.4. The SMILES string of the molecule is CC/C(=C(\C1CCC(O)CC1)C1CCC(OCCCCN2CCC3(CC2)CN(C2CCC4C(=O)N(C5CCC(=O)NC5=O)CC4C2)C3)CC1)C1CCCCC1. The maximum Gasteiger partial charge on any atom is 0.249 e. The molecule has 4 saturated carbocycles. The zero-order chi connectivity index (χ0) is 37.9. The van der Waals surface area contributed by atoms with Gasteiger partial charge in [0.1, 0.15) is 6.04 Å². The van der Waals surface area contributed by atoms with Gasteiger partial charge in [0, 0.05) is 44.6 Å². The monoisotopic (exact) mass is 763 g/mol. The van der Waals surface area contributed by atoms with Crippen LogP contribution in [0.1, 0.15) is 155 Å². The number of likely N-dealkylation sites (tertiary alicyclic amines) is 3. The minimum atomic E-state index is -0.464. The van der Waals surface area contributed by atoms with Crippen LogP contribution < -0.4 is 5.32 Å². The highest BCUT2D eigenvalue weighted by Crippen LogP contribution is 2.48. The number of amides is 3. The van der Waals surface area contributed by atoms with Crippen LogP contribution in [-0.4, -0.2) is 108 Å². The van der Waals surface area contributed by atoms with Crippen molar-refractivity contribution >= 4 is 17.7 Å². The first-order valence-corrected chi connectivity index (χ1v) is 23.4. The number of carbonyl (C=O) groups excluding carboxylic acids is 3. The van der Waals surface area contributed by atoms with Gasteiger partial charge in [-0.2, -0.15) is 0 Å². The van der Waals surface area contributed by atoms with E-state index in [1.165, 1.54) is 135 Å². The lowest BCUT2D eigenvalue weighted by atomic mass is 9.68. The van der Waals surface area contributed by atoms with Crippen LogP contribution in [0.25, 0.3) is 0 Å². The number of aliphatic hydroxyl groups is 1. The summed E-state index contributed by atoms with van der Waals surface area (Å²) < 4.78 is 6.54. The summed E-state index contributed by atoms with van der Waals surface area (Å²) in [6, 6.07) is 0.101. The molecule has 1 spiro atoms. The molecule has 9 heteroatoms. The highest BCUT2D eigenvalue weighted by molar-refractivity contribution is 6.02. The summed E-state index contributed by atoms with van der Waals surface area (Å²) in [5.74, 6) is 2.32. The number of aliphatic hydroxyl groups excluding tert-OH is 1. The number of rotatable bonds is 12. The van der Waals surface area contributed by atoms with Crippen molar-refractivity contribution in [1.29, 1.82) is 0 Å². The molecule has 55 heavy (non-hydrogen) atoms. The molecular weight excluding hydrogens is 689 g/mol. The van der Waals surface area contributed by atoms with E-state index < -0.39 is 6.04 Å². The zero-order valence-corrected chi connectivity index (χ0v) is 34.3. The fourth-order valence-electron chi connectivity index (χ4n) is 13.2. The Kier molecular flexibility index (Phi) is 13.1. The largest absolute Gasteiger partial charge is 0.393 e. The molecule has 8 fully saturated rings. The van der Waals surface area contributed by atoms with Crippen molar-refractivity contribution in [2.75, 3.05) is 45.9 Å². The fourth-order valence-corrected chi connectivity index (χ4v) is 13.2. The van der Waals surface area contributed by atoms with Crippen molar-refractivity contribution in [3.05, 3.63) is 11.1 Å². The molecule has 0 aromatic rings. The van der Waals surface area contributed by atoms with Gasteiger partial charge in [-0.3, -0.25) is 24.6 Å². The molecule has 0 aromatic carbocycles. The van der Waals surface area contributed by atoms with E-state index in [1.807, 2.05) is 16.0 Å². The Morgan fingerprint density at radius 3 is 2.22 bits per heavy atom. The molecule has 0 radical (unpaired) electrons. The van der Waals surface area contributed by atoms with E-state index in [0.717, 1.165) is 50.5 Å². The third kappa shape index (κ3) is 9.10. The van der Waals surface area contributed by atoms with Crippen LogP contribution in [0.3, 0.4) is 0 Å². The van der Waals surface area contributed by atoms with E-state index in [4.69, 9.17) is 4.74 Å². The predicted molar refractivity (Wildman–Crippen MR) is 215 cm³/mol.